The van der Waals surface area contributed by atoms with Gasteiger partial charge in [-0.25, -0.2) is 8.78 Å². The van der Waals surface area contributed by atoms with Crippen molar-refractivity contribution in [1.29, 1.82) is 0 Å². The number of para-hydroxylation sites is 1. The van der Waals surface area contributed by atoms with Crippen LogP contribution in [0.1, 0.15) is 40.2 Å². The molecule has 21 heavy (non-hydrogen) atoms. The van der Waals surface area contributed by atoms with E-state index in [1.807, 2.05) is 13.0 Å². The number of alkyl halides is 2. The molecule has 0 saturated heterocycles. The lowest BCUT2D eigenvalue weighted by Gasteiger charge is -2.07. The van der Waals surface area contributed by atoms with E-state index in [4.69, 9.17) is 4.74 Å². The molecule has 1 amide bonds. The van der Waals surface area contributed by atoms with Gasteiger partial charge >= 0.3 is 0 Å². The van der Waals surface area contributed by atoms with Gasteiger partial charge in [0.1, 0.15) is 5.75 Å². The molecule has 0 radical (unpaired) electrons. The fourth-order valence-electron chi connectivity index (χ4n) is 2.12. The van der Waals surface area contributed by atoms with E-state index in [0.717, 1.165) is 5.56 Å². The highest BCUT2D eigenvalue weighted by atomic mass is 32.1. The van der Waals surface area contributed by atoms with Gasteiger partial charge in [0.2, 0.25) is 5.13 Å². The van der Waals surface area contributed by atoms with E-state index in [0.29, 0.717) is 29.3 Å². The summed E-state index contributed by atoms with van der Waals surface area (Å²) in [6, 6.07) is 5.30. The number of fused-ring (bicyclic) bond motifs is 1. The van der Waals surface area contributed by atoms with Crippen LogP contribution in [-0.4, -0.2) is 22.7 Å². The lowest BCUT2D eigenvalue weighted by atomic mass is 10.0. The topological polar surface area (TPSA) is 64.1 Å². The Morgan fingerprint density at radius 1 is 1.48 bits per heavy atom. The number of carbonyl (C=O) groups excluding carboxylic acids is 1. The largest absolute Gasteiger partial charge is 0.492 e. The minimum Gasteiger partial charge on any atom is -0.492 e. The van der Waals surface area contributed by atoms with Crippen LogP contribution < -0.4 is 10.1 Å². The monoisotopic (exact) mass is 311 g/mol. The first-order valence-electron chi connectivity index (χ1n) is 6.25. The summed E-state index contributed by atoms with van der Waals surface area (Å²) in [7, 11) is 0. The number of amides is 1. The van der Waals surface area contributed by atoms with Gasteiger partial charge in [0, 0.05) is 11.5 Å². The van der Waals surface area contributed by atoms with Crippen molar-refractivity contribution in [2.45, 2.75) is 19.3 Å². The van der Waals surface area contributed by atoms with Crippen LogP contribution in [0.5, 0.6) is 5.75 Å². The predicted octanol–water partition coefficient (Wildman–Crippen LogP) is 3.22. The first-order chi connectivity index (χ1) is 10.1. The molecule has 0 saturated carbocycles. The van der Waals surface area contributed by atoms with Crippen molar-refractivity contribution >= 4 is 22.4 Å². The van der Waals surface area contributed by atoms with Crippen molar-refractivity contribution in [1.82, 2.24) is 10.2 Å². The van der Waals surface area contributed by atoms with Gasteiger partial charge in [-0.3, -0.25) is 10.1 Å². The van der Waals surface area contributed by atoms with Gasteiger partial charge in [-0.2, -0.15) is 0 Å². The summed E-state index contributed by atoms with van der Waals surface area (Å²) in [4.78, 5) is 12.2. The average Bonchev–Trinajstić information content (AvgIpc) is 3.06. The van der Waals surface area contributed by atoms with Crippen LogP contribution in [0.15, 0.2) is 18.2 Å². The first kappa shape index (κ1) is 13.9. The number of aromatic nitrogens is 2. The van der Waals surface area contributed by atoms with Gasteiger partial charge in [-0.05, 0) is 6.07 Å². The van der Waals surface area contributed by atoms with Gasteiger partial charge in [-0.1, -0.05) is 30.4 Å². The Kier molecular flexibility index (Phi) is 3.54. The normalized spacial score (nSPS) is 16.7. The molecule has 0 aliphatic carbocycles. The molecular weight excluding hydrogens is 300 g/mol. The lowest BCUT2D eigenvalue weighted by molar-refractivity contribution is 0.102. The molecule has 2 heterocycles. The van der Waals surface area contributed by atoms with Crippen LogP contribution in [0.3, 0.4) is 0 Å². The van der Waals surface area contributed by atoms with Crippen LogP contribution >= 0.6 is 11.3 Å². The van der Waals surface area contributed by atoms with Crippen molar-refractivity contribution in [3.8, 4) is 5.75 Å². The Bertz CT molecular complexity index is 690. The number of anilines is 1. The maximum atomic E-state index is 12.4. The molecule has 8 heteroatoms. The summed E-state index contributed by atoms with van der Waals surface area (Å²) in [5.74, 6) is 0.318. The second-order valence-electron chi connectivity index (χ2n) is 4.64. The Hall–Kier alpha value is -2.09. The maximum absolute atomic E-state index is 12.4. The van der Waals surface area contributed by atoms with Crippen molar-refractivity contribution in [3.63, 3.8) is 0 Å². The number of halogens is 2. The Labute approximate surface area is 123 Å². The van der Waals surface area contributed by atoms with E-state index in [1.54, 1.807) is 12.1 Å². The number of ether oxygens (including phenoxy) is 1. The molecule has 1 aliphatic rings. The number of hydrogen-bond donors (Lipinski definition) is 1. The van der Waals surface area contributed by atoms with Gasteiger partial charge in [0.15, 0.2) is 5.01 Å². The molecule has 1 atom stereocenters. The Morgan fingerprint density at radius 3 is 3.00 bits per heavy atom. The molecule has 5 nitrogen and oxygen atoms in total. The van der Waals surface area contributed by atoms with Crippen LogP contribution in [0.25, 0.3) is 0 Å². The van der Waals surface area contributed by atoms with Crippen LogP contribution in [0, 0.1) is 0 Å². The molecule has 1 aromatic heterocycles. The molecule has 1 aliphatic heterocycles. The quantitative estimate of drug-likeness (QED) is 0.945. The molecule has 1 N–H and O–H groups in total. The first-order valence-corrected chi connectivity index (χ1v) is 7.06. The van der Waals surface area contributed by atoms with Gasteiger partial charge in [0.25, 0.3) is 12.3 Å². The van der Waals surface area contributed by atoms with E-state index >= 15 is 0 Å². The molecule has 0 fully saturated rings. The summed E-state index contributed by atoms with van der Waals surface area (Å²) in [6.45, 7) is 2.53. The van der Waals surface area contributed by atoms with E-state index in [9.17, 15) is 13.6 Å². The number of benzene rings is 1. The molecule has 1 unspecified atom stereocenters. The third-order valence-electron chi connectivity index (χ3n) is 3.15. The van der Waals surface area contributed by atoms with E-state index in [2.05, 4.69) is 15.5 Å². The van der Waals surface area contributed by atoms with Gasteiger partial charge < -0.3 is 4.74 Å². The SMILES string of the molecule is CC1COc2c(C(=O)Nc3nnc(C(F)F)s3)cccc21. The standard InChI is InChI=1S/C13H11F2N3O2S/c1-6-5-20-9-7(6)3-2-4-8(9)11(19)16-13-18-17-12(21-13)10(14)15/h2-4,6,10H,5H2,1H3,(H,16,18,19). The van der Waals surface area contributed by atoms with Crippen molar-refractivity contribution in [3.05, 3.63) is 34.3 Å². The van der Waals surface area contributed by atoms with Gasteiger partial charge in [-0.15, -0.1) is 10.2 Å². The minimum absolute atomic E-state index is 0.0407. The van der Waals surface area contributed by atoms with E-state index in [-0.39, 0.29) is 11.0 Å². The van der Waals surface area contributed by atoms with Gasteiger partial charge in [0.05, 0.1) is 12.2 Å². The Morgan fingerprint density at radius 2 is 2.29 bits per heavy atom. The maximum Gasteiger partial charge on any atom is 0.291 e. The summed E-state index contributed by atoms with van der Waals surface area (Å²) in [6.07, 6.45) is -2.70. The fraction of sp³-hybridized carbons (Fsp3) is 0.308. The van der Waals surface area contributed by atoms with Crippen molar-refractivity contribution < 1.29 is 18.3 Å². The predicted molar refractivity (Wildman–Crippen MR) is 73.2 cm³/mol. The number of nitrogens with zero attached hydrogens (tertiary/aromatic N) is 2. The molecule has 1 aromatic carbocycles. The third-order valence-corrected chi connectivity index (χ3v) is 3.99. The van der Waals surface area contributed by atoms with Crippen molar-refractivity contribution in [2.24, 2.45) is 0 Å². The second-order valence-corrected chi connectivity index (χ2v) is 5.65. The third kappa shape index (κ3) is 2.58. The average molecular weight is 311 g/mol. The highest BCUT2D eigenvalue weighted by Crippen LogP contribution is 2.36. The second kappa shape index (κ2) is 5.36. The molecule has 2 aromatic rings. The van der Waals surface area contributed by atoms with E-state index in [1.165, 1.54) is 0 Å². The highest BCUT2D eigenvalue weighted by Gasteiger charge is 2.26. The smallest absolute Gasteiger partial charge is 0.291 e. The zero-order chi connectivity index (χ0) is 15.0. The molecule has 0 bridgehead atoms. The summed E-state index contributed by atoms with van der Waals surface area (Å²) < 4.78 is 30.4. The lowest BCUT2D eigenvalue weighted by Crippen LogP contribution is -2.12. The molecule has 110 valence electrons. The molecule has 3 rings (SSSR count). The summed E-state index contributed by atoms with van der Waals surface area (Å²) in [5.41, 5.74) is 1.33. The van der Waals surface area contributed by atoms with Crippen LogP contribution in [0.4, 0.5) is 13.9 Å². The fourth-order valence-corrected chi connectivity index (χ4v) is 2.71. The zero-order valence-corrected chi connectivity index (χ0v) is 11.8. The zero-order valence-electron chi connectivity index (χ0n) is 11.0. The molecule has 0 spiro atoms. The Balaban J connectivity index is 1.83. The number of nitrogens with one attached hydrogen (secondary N) is 1. The molecular formula is C13H11F2N3O2S. The van der Waals surface area contributed by atoms with Crippen molar-refractivity contribution in [2.75, 3.05) is 11.9 Å². The van der Waals surface area contributed by atoms with Crippen LogP contribution in [0.2, 0.25) is 0 Å². The number of rotatable bonds is 3. The van der Waals surface area contributed by atoms with E-state index < -0.39 is 17.3 Å². The highest BCUT2D eigenvalue weighted by molar-refractivity contribution is 7.15. The summed E-state index contributed by atoms with van der Waals surface area (Å²) in [5, 5.41) is 8.94. The van der Waals surface area contributed by atoms with Crippen LogP contribution in [-0.2, 0) is 0 Å². The minimum atomic E-state index is -2.70. The number of carbonyl (C=O) groups is 1. The summed E-state index contributed by atoms with van der Waals surface area (Å²) >= 11 is 0.653. The number of hydrogen-bond acceptors (Lipinski definition) is 5.